The lowest BCUT2D eigenvalue weighted by Crippen LogP contribution is -2.23. The van der Waals surface area contributed by atoms with Gasteiger partial charge in [0.05, 0.1) is 6.61 Å². The van der Waals surface area contributed by atoms with Gasteiger partial charge in [-0.25, -0.2) is 0 Å². The van der Waals surface area contributed by atoms with Gasteiger partial charge in [-0.05, 0) is 43.5 Å². The van der Waals surface area contributed by atoms with Crippen molar-refractivity contribution in [2.75, 3.05) is 13.2 Å². The summed E-state index contributed by atoms with van der Waals surface area (Å²) in [5.74, 6) is 0.793. The molecule has 0 aliphatic rings. The second-order valence-corrected chi connectivity index (χ2v) is 5.58. The molecule has 2 N–H and O–H groups in total. The molecule has 4 heteroatoms. The summed E-state index contributed by atoms with van der Waals surface area (Å²) in [6.45, 7) is 7.71. The van der Waals surface area contributed by atoms with Gasteiger partial charge in [-0.3, -0.25) is 0 Å². The van der Waals surface area contributed by atoms with Crippen LogP contribution in [0.25, 0.3) is 0 Å². The number of benzene rings is 1. The van der Waals surface area contributed by atoms with Crippen LogP contribution >= 0.6 is 0 Å². The Labute approximate surface area is 121 Å². The summed E-state index contributed by atoms with van der Waals surface area (Å²) < 4.78 is 5.89. The van der Waals surface area contributed by atoms with E-state index in [-0.39, 0.29) is 11.5 Å². The van der Waals surface area contributed by atoms with Crippen LogP contribution in [0.2, 0.25) is 0 Å². The zero-order chi connectivity index (χ0) is 15.0. The molecule has 1 aromatic carbocycles. The van der Waals surface area contributed by atoms with Crippen molar-refractivity contribution in [3.63, 3.8) is 0 Å². The van der Waals surface area contributed by atoms with Crippen LogP contribution in [0.3, 0.4) is 0 Å². The van der Waals surface area contributed by atoms with Gasteiger partial charge in [0.2, 0.25) is 0 Å². The smallest absolute Gasteiger partial charge is 0.119 e. The molecule has 0 saturated heterocycles. The van der Waals surface area contributed by atoms with Crippen LogP contribution < -0.4 is 10.5 Å². The zero-order valence-corrected chi connectivity index (χ0v) is 12.8. The Morgan fingerprint density at radius 3 is 2.60 bits per heavy atom. The van der Waals surface area contributed by atoms with Gasteiger partial charge in [-0.1, -0.05) is 38.1 Å². The normalized spacial score (nSPS) is 13.0. The van der Waals surface area contributed by atoms with Crippen LogP contribution in [0.15, 0.2) is 29.4 Å². The van der Waals surface area contributed by atoms with E-state index >= 15 is 0 Å². The number of rotatable bonds is 9. The summed E-state index contributed by atoms with van der Waals surface area (Å²) in [5, 5.41) is 3.14. The number of ether oxygens (including phenoxy) is 1. The minimum atomic E-state index is -0.382. The van der Waals surface area contributed by atoms with Crippen LogP contribution in [-0.4, -0.2) is 13.2 Å². The molecule has 0 saturated carbocycles. The molecule has 20 heavy (non-hydrogen) atoms. The van der Waals surface area contributed by atoms with Crippen LogP contribution in [-0.2, 0) is 0 Å². The van der Waals surface area contributed by atoms with Gasteiger partial charge in [0, 0.05) is 5.41 Å². The molecule has 0 aromatic heterocycles. The fourth-order valence-corrected chi connectivity index (χ4v) is 1.96. The van der Waals surface area contributed by atoms with Crippen molar-refractivity contribution in [2.24, 2.45) is 16.3 Å². The highest BCUT2D eigenvalue weighted by molar-refractivity contribution is 5.30. The van der Waals surface area contributed by atoms with E-state index in [0.717, 1.165) is 24.2 Å². The third-order valence-corrected chi connectivity index (χ3v) is 4.10. The first-order chi connectivity index (χ1) is 9.58. The van der Waals surface area contributed by atoms with Crippen molar-refractivity contribution in [1.29, 1.82) is 0 Å². The molecule has 0 aliphatic carbocycles. The highest BCUT2D eigenvalue weighted by Gasteiger charge is 2.20. The summed E-state index contributed by atoms with van der Waals surface area (Å²) in [5.41, 5.74) is 6.56. The van der Waals surface area contributed by atoms with E-state index in [1.807, 2.05) is 24.3 Å². The van der Waals surface area contributed by atoms with Crippen molar-refractivity contribution < 1.29 is 4.74 Å². The highest BCUT2D eigenvalue weighted by Crippen LogP contribution is 2.28. The van der Waals surface area contributed by atoms with Gasteiger partial charge in [0.25, 0.3) is 0 Å². The molecule has 1 aromatic rings. The summed E-state index contributed by atoms with van der Waals surface area (Å²) >= 11 is 0. The maximum absolute atomic E-state index is 10.9. The molecule has 0 fully saturated rings. The highest BCUT2D eigenvalue weighted by atomic mass is 16.5. The number of nitroso groups, excluding NO2 is 1. The Kier molecular flexibility index (Phi) is 6.65. The molecule has 0 amide bonds. The molecule has 1 rings (SSSR count). The number of nitrogens with two attached hydrogens (primary N) is 1. The molecule has 0 radical (unpaired) electrons. The van der Waals surface area contributed by atoms with Crippen molar-refractivity contribution in [3.8, 4) is 5.75 Å². The SMILES string of the molecule is CCC(C)(CC)COc1cccc(C(CCN)N=O)c1. The predicted octanol–water partition coefficient (Wildman–Crippen LogP) is 4.05. The van der Waals surface area contributed by atoms with E-state index in [1.54, 1.807) is 0 Å². The van der Waals surface area contributed by atoms with Crippen LogP contribution in [0.5, 0.6) is 5.75 Å². The maximum atomic E-state index is 10.9. The van der Waals surface area contributed by atoms with Gasteiger partial charge in [-0.2, -0.15) is 4.91 Å². The molecule has 0 bridgehead atoms. The Balaban J connectivity index is 2.75. The van der Waals surface area contributed by atoms with Gasteiger partial charge in [0.15, 0.2) is 0 Å². The fourth-order valence-electron chi connectivity index (χ4n) is 1.96. The second kappa shape index (κ2) is 8.00. The molecule has 112 valence electrons. The molecular formula is C16H26N2O2. The average molecular weight is 278 g/mol. The monoisotopic (exact) mass is 278 g/mol. The maximum Gasteiger partial charge on any atom is 0.119 e. The lowest BCUT2D eigenvalue weighted by Gasteiger charge is -2.26. The fraction of sp³-hybridized carbons (Fsp3) is 0.625. The predicted molar refractivity (Wildman–Crippen MR) is 82.8 cm³/mol. The van der Waals surface area contributed by atoms with E-state index in [0.29, 0.717) is 19.6 Å². The largest absolute Gasteiger partial charge is 0.493 e. The summed E-state index contributed by atoms with van der Waals surface area (Å²) in [4.78, 5) is 10.9. The Bertz CT molecular complexity index is 417. The quantitative estimate of drug-likeness (QED) is 0.693. The van der Waals surface area contributed by atoms with Gasteiger partial charge in [-0.15, -0.1) is 0 Å². The summed E-state index contributed by atoms with van der Waals surface area (Å²) in [7, 11) is 0. The van der Waals surface area contributed by atoms with Crippen molar-refractivity contribution in [1.82, 2.24) is 0 Å². The van der Waals surface area contributed by atoms with Crippen LogP contribution in [0.4, 0.5) is 0 Å². The summed E-state index contributed by atoms with van der Waals surface area (Å²) in [6.07, 6.45) is 2.72. The first-order valence-electron chi connectivity index (χ1n) is 7.33. The molecule has 0 aliphatic heterocycles. The molecular weight excluding hydrogens is 252 g/mol. The van der Waals surface area contributed by atoms with Crippen molar-refractivity contribution in [3.05, 3.63) is 34.7 Å². The van der Waals surface area contributed by atoms with Crippen LogP contribution in [0.1, 0.15) is 51.6 Å². The number of hydrogen-bond donors (Lipinski definition) is 1. The lowest BCUT2D eigenvalue weighted by atomic mass is 9.86. The third kappa shape index (κ3) is 4.60. The second-order valence-electron chi connectivity index (χ2n) is 5.58. The van der Waals surface area contributed by atoms with Crippen molar-refractivity contribution >= 4 is 0 Å². The first kappa shape index (κ1) is 16.6. The van der Waals surface area contributed by atoms with Gasteiger partial charge >= 0.3 is 0 Å². The molecule has 0 spiro atoms. The summed E-state index contributed by atoms with van der Waals surface area (Å²) in [6, 6.07) is 7.22. The van der Waals surface area contributed by atoms with E-state index in [4.69, 9.17) is 10.5 Å². The third-order valence-electron chi connectivity index (χ3n) is 4.10. The Morgan fingerprint density at radius 1 is 1.35 bits per heavy atom. The molecule has 1 atom stereocenters. The standard InChI is InChI=1S/C16H26N2O2/c1-4-16(3,5-2)12-20-14-8-6-7-13(11-14)15(18-19)9-10-17/h6-8,11,15H,4-5,9-10,12,17H2,1-3H3. The van der Waals surface area contributed by atoms with Crippen molar-refractivity contribution in [2.45, 2.75) is 46.1 Å². The molecule has 4 nitrogen and oxygen atoms in total. The van der Waals surface area contributed by atoms with E-state index in [9.17, 15) is 4.91 Å². The van der Waals surface area contributed by atoms with E-state index in [1.165, 1.54) is 0 Å². The van der Waals surface area contributed by atoms with Crippen LogP contribution in [0, 0.1) is 10.3 Å². The minimum absolute atomic E-state index is 0.190. The topological polar surface area (TPSA) is 64.7 Å². The van der Waals surface area contributed by atoms with Gasteiger partial charge < -0.3 is 10.5 Å². The molecule has 1 unspecified atom stereocenters. The zero-order valence-electron chi connectivity index (χ0n) is 12.8. The Morgan fingerprint density at radius 2 is 2.05 bits per heavy atom. The number of hydrogen-bond acceptors (Lipinski definition) is 4. The van der Waals surface area contributed by atoms with E-state index < -0.39 is 0 Å². The number of nitrogens with zero attached hydrogens (tertiary/aromatic N) is 1. The Hall–Kier alpha value is -1.42. The molecule has 0 heterocycles. The average Bonchev–Trinajstić information content (AvgIpc) is 2.50. The van der Waals surface area contributed by atoms with Gasteiger partial charge in [0.1, 0.15) is 11.8 Å². The minimum Gasteiger partial charge on any atom is -0.493 e. The first-order valence-corrected chi connectivity index (χ1v) is 7.33. The lowest BCUT2D eigenvalue weighted by molar-refractivity contribution is 0.152. The van der Waals surface area contributed by atoms with E-state index in [2.05, 4.69) is 25.9 Å².